The van der Waals surface area contributed by atoms with Gasteiger partial charge in [-0.1, -0.05) is 0 Å². The summed E-state index contributed by atoms with van der Waals surface area (Å²) < 4.78 is 0. The molecule has 22 heavy (non-hydrogen) atoms. The van der Waals surface area contributed by atoms with Gasteiger partial charge >= 0.3 is 6.03 Å². The smallest absolute Gasteiger partial charge is 0.321 e. The Morgan fingerprint density at radius 1 is 1.55 bits per heavy atom. The van der Waals surface area contributed by atoms with Crippen molar-refractivity contribution in [2.75, 3.05) is 17.3 Å². The summed E-state index contributed by atoms with van der Waals surface area (Å²) >= 11 is 0. The minimum absolute atomic E-state index is 0.128. The fourth-order valence-electron chi connectivity index (χ4n) is 2.12. The van der Waals surface area contributed by atoms with E-state index in [2.05, 4.69) is 31.3 Å². The molecule has 0 saturated carbocycles. The zero-order valence-electron chi connectivity index (χ0n) is 11.7. The molecule has 2 amide bonds. The number of anilines is 2. The van der Waals surface area contributed by atoms with E-state index in [1.165, 1.54) is 6.20 Å². The van der Waals surface area contributed by atoms with Gasteiger partial charge in [0, 0.05) is 25.5 Å². The number of hydrogen-bond donors (Lipinski definition) is 3. The number of H-pyrrole nitrogens is 1. The standard InChI is InChI=1S/C13H12N8O/c1-21-11-3-2-10(4-8(11)6-16-13(21)22)15-7-9(5-14)12-17-19-20-18-12/h2-4,7,15H,6H2,1H3,(H,16,22)(H,17,18,19,20). The fraction of sp³-hybridized carbons (Fsp3) is 0.154. The van der Waals surface area contributed by atoms with Gasteiger partial charge in [0.1, 0.15) is 11.6 Å². The average molecular weight is 296 g/mol. The van der Waals surface area contributed by atoms with Gasteiger partial charge in [0.2, 0.25) is 5.82 Å². The number of amides is 2. The first-order valence-electron chi connectivity index (χ1n) is 6.44. The molecule has 0 radical (unpaired) electrons. The van der Waals surface area contributed by atoms with Crippen LogP contribution >= 0.6 is 0 Å². The molecular formula is C13H12N8O. The number of nitrogens with zero attached hydrogens (tertiary/aromatic N) is 5. The Hall–Kier alpha value is -3.41. The van der Waals surface area contributed by atoms with Crippen LogP contribution in [-0.4, -0.2) is 33.7 Å². The van der Waals surface area contributed by atoms with E-state index in [1.54, 1.807) is 11.9 Å². The van der Waals surface area contributed by atoms with Gasteiger partial charge in [-0.2, -0.15) is 10.5 Å². The first kappa shape index (κ1) is 13.6. The van der Waals surface area contributed by atoms with Gasteiger partial charge in [0.15, 0.2) is 0 Å². The second kappa shape index (κ2) is 5.53. The van der Waals surface area contributed by atoms with Gasteiger partial charge in [0.25, 0.3) is 0 Å². The highest BCUT2D eigenvalue weighted by atomic mass is 16.2. The lowest BCUT2D eigenvalue weighted by atomic mass is 10.1. The van der Waals surface area contributed by atoms with Crippen LogP contribution in [0, 0.1) is 11.3 Å². The van der Waals surface area contributed by atoms with E-state index in [1.807, 2.05) is 24.3 Å². The van der Waals surface area contributed by atoms with Crippen molar-refractivity contribution in [1.82, 2.24) is 25.9 Å². The molecule has 2 heterocycles. The lowest BCUT2D eigenvalue weighted by Crippen LogP contribution is -2.41. The maximum Gasteiger partial charge on any atom is 0.321 e. The van der Waals surface area contributed by atoms with Crippen molar-refractivity contribution in [2.45, 2.75) is 6.54 Å². The zero-order chi connectivity index (χ0) is 15.5. The number of aromatic nitrogens is 4. The first-order chi connectivity index (χ1) is 10.7. The molecule has 3 N–H and O–H groups in total. The Labute approximate surface area is 125 Å². The largest absolute Gasteiger partial charge is 0.360 e. The highest BCUT2D eigenvalue weighted by molar-refractivity contribution is 5.94. The summed E-state index contributed by atoms with van der Waals surface area (Å²) in [6.45, 7) is 0.466. The number of rotatable bonds is 3. The van der Waals surface area contributed by atoms with E-state index >= 15 is 0 Å². The number of carbonyl (C=O) groups excluding carboxylic acids is 1. The monoisotopic (exact) mass is 296 g/mol. The summed E-state index contributed by atoms with van der Waals surface area (Å²) in [6, 6.07) is 7.46. The quantitative estimate of drug-likeness (QED) is 0.721. The molecule has 0 bridgehead atoms. The number of tetrazole rings is 1. The van der Waals surface area contributed by atoms with E-state index in [0.717, 1.165) is 16.9 Å². The predicted molar refractivity (Wildman–Crippen MR) is 78.5 cm³/mol. The van der Waals surface area contributed by atoms with Gasteiger partial charge in [0.05, 0.1) is 5.69 Å². The van der Waals surface area contributed by atoms with Crippen LogP contribution in [0.2, 0.25) is 0 Å². The highest BCUT2D eigenvalue weighted by Gasteiger charge is 2.20. The number of nitrogens with one attached hydrogen (secondary N) is 3. The molecule has 1 aromatic carbocycles. The highest BCUT2D eigenvalue weighted by Crippen LogP contribution is 2.26. The van der Waals surface area contributed by atoms with Crippen molar-refractivity contribution in [3.05, 3.63) is 35.8 Å². The molecule has 9 nitrogen and oxygen atoms in total. The molecule has 0 aliphatic carbocycles. The Balaban J connectivity index is 1.82. The number of hydrogen-bond acceptors (Lipinski definition) is 6. The van der Waals surface area contributed by atoms with E-state index < -0.39 is 0 Å². The SMILES string of the molecule is CN1C(=O)NCc2cc(NC=C(C#N)c3nn[nH]n3)ccc21. The lowest BCUT2D eigenvalue weighted by molar-refractivity contribution is 0.246. The van der Waals surface area contributed by atoms with Crippen molar-refractivity contribution in [2.24, 2.45) is 0 Å². The fourth-order valence-corrected chi connectivity index (χ4v) is 2.12. The number of benzene rings is 1. The van der Waals surface area contributed by atoms with Gasteiger partial charge < -0.3 is 10.6 Å². The van der Waals surface area contributed by atoms with Gasteiger partial charge in [-0.15, -0.1) is 10.2 Å². The number of urea groups is 1. The molecule has 0 saturated heterocycles. The molecular weight excluding hydrogens is 284 g/mol. The summed E-state index contributed by atoms with van der Waals surface area (Å²) in [5, 5.41) is 28.1. The first-order valence-corrected chi connectivity index (χ1v) is 6.44. The number of fused-ring (bicyclic) bond motifs is 1. The molecule has 0 fully saturated rings. The Kier molecular flexibility index (Phi) is 3.41. The summed E-state index contributed by atoms with van der Waals surface area (Å²) in [7, 11) is 1.71. The average Bonchev–Trinajstić information content (AvgIpc) is 3.06. The van der Waals surface area contributed by atoms with Crippen molar-refractivity contribution >= 4 is 23.0 Å². The maximum atomic E-state index is 11.6. The van der Waals surface area contributed by atoms with Gasteiger partial charge in [-0.25, -0.2) is 4.79 Å². The van der Waals surface area contributed by atoms with Crippen molar-refractivity contribution in [3.8, 4) is 6.07 Å². The maximum absolute atomic E-state index is 11.6. The van der Waals surface area contributed by atoms with Crippen LogP contribution in [0.15, 0.2) is 24.4 Å². The predicted octanol–water partition coefficient (Wildman–Crippen LogP) is 0.836. The molecule has 2 aromatic rings. The minimum Gasteiger partial charge on any atom is -0.360 e. The topological polar surface area (TPSA) is 123 Å². The Morgan fingerprint density at radius 2 is 2.41 bits per heavy atom. The minimum atomic E-state index is -0.128. The van der Waals surface area contributed by atoms with Gasteiger partial charge in [-0.3, -0.25) is 4.90 Å². The Bertz CT molecular complexity index is 774. The summed E-state index contributed by atoms with van der Waals surface area (Å²) in [4.78, 5) is 13.1. The summed E-state index contributed by atoms with van der Waals surface area (Å²) in [5.74, 6) is 0.222. The van der Waals surface area contributed by atoms with Crippen LogP contribution < -0.4 is 15.5 Å². The summed E-state index contributed by atoms with van der Waals surface area (Å²) in [5.41, 5.74) is 2.90. The molecule has 1 aliphatic heterocycles. The molecule has 0 atom stereocenters. The van der Waals surface area contributed by atoms with E-state index in [0.29, 0.717) is 6.54 Å². The van der Waals surface area contributed by atoms with Crippen LogP contribution in [0.1, 0.15) is 11.4 Å². The number of allylic oxidation sites excluding steroid dienone is 1. The molecule has 110 valence electrons. The molecule has 1 aromatic heterocycles. The summed E-state index contributed by atoms with van der Waals surface area (Å²) in [6.07, 6.45) is 1.51. The third-order valence-corrected chi connectivity index (χ3v) is 3.27. The molecule has 1 aliphatic rings. The van der Waals surface area contributed by atoms with E-state index in [9.17, 15) is 4.79 Å². The molecule has 0 unspecified atom stereocenters. The van der Waals surface area contributed by atoms with Crippen molar-refractivity contribution < 1.29 is 4.79 Å². The van der Waals surface area contributed by atoms with Crippen LogP contribution in [0.25, 0.3) is 5.57 Å². The number of nitriles is 1. The van der Waals surface area contributed by atoms with Gasteiger partial charge in [-0.05, 0) is 29.0 Å². The lowest BCUT2D eigenvalue weighted by Gasteiger charge is -2.26. The van der Waals surface area contributed by atoms with Crippen LogP contribution in [-0.2, 0) is 6.54 Å². The van der Waals surface area contributed by atoms with Crippen LogP contribution in [0.3, 0.4) is 0 Å². The van der Waals surface area contributed by atoms with Crippen molar-refractivity contribution in [3.63, 3.8) is 0 Å². The molecule has 9 heteroatoms. The van der Waals surface area contributed by atoms with Crippen LogP contribution in [0.5, 0.6) is 0 Å². The normalized spacial score (nSPS) is 14.1. The zero-order valence-corrected chi connectivity index (χ0v) is 11.7. The van der Waals surface area contributed by atoms with Crippen LogP contribution in [0.4, 0.5) is 16.2 Å². The second-order valence-corrected chi connectivity index (χ2v) is 4.61. The molecule has 0 spiro atoms. The second-order valence-electron chi connectivity index (χ2n) is 4.61. The number of carbonyl (C=O) groups is 1. The van der Waals surface area contributed by atoms with E-state index in [-0.39, 0.29) is 17.4 Å². The van der Waals surface area contributed by atoms with E-state index in [4.69, 9.17) is 5.26 Å². The van der Waals surface area contributed by atoms with Crippen molar-refractivity contribution in [1.29, 1.82) is 5.26 Å². The number of aromatic amines is 1. The third kappa shape index (κ3) is 2.45. The molecule has 3 rings (SSSR count). The third-order valence-electron chi connectivity index (χ3n) is 3.27. The Morgan fingerprint density at radius 3 is 3.14 bits per heavy atom.